The number of carbonyl (C=O) groups excluding carboxylic acids is 2. The Morgan fingerprint density at radius 1 is 0.698 bits per heavy atom. The minimum absolute atomic E-state index is 0.154. The first-order valence-electron chi connectivity index (χ1n) is 14.4. The summed E-state index contributed by atoms with van der Waals surface area (Å²) in [4.78, 5) is 34.1. The summed E-state index contributed by atoms with van der Waals surface area (Å²) in [6.45, 7) is 3.53. The van der Waals surface area contributed by atoms with Crippen molar-refractivity contribution in [2.45, 2.75) is 63.5 Å². The Kier molecular flexibility index (Phi) is 11.6. The molecule has 2 heterocycles. The van der Waals surface area contributed by atoms with Gasteiger partial charge in [-0.3, -0.25) is 9.97 Å². The van der Waals surface area contributed by atoms with E-state index in [0.29, 0.717) is 12.8 Å². The average Bonchev–Trinajstić information content (AvgIpc) is 3.02. The lowest BCUT2D eigenvalue weighted by molar-refractivity contribution is 0.0722. The second kappa shape index (κ2) is 16.0. The van der Waals surface area contributed by atoms with E-state index in [1.807, 2.05) is 72.8 Å². The van der Waals surface area contributed by atoms with Crippen LogP contribution in [0.15, 0.2) is 110 Å². The molecule has 5 atom stereocenters. The highest BCUT2D eigenvalue weighted by Gasteiger charge is 2.28. The first-order valence-corrected chi connectivity index (χ1v) is 14.4. The fourth-order valence-corrected chi connectivity index (χ4v) is 4.78. The Labute approximate surface area is 252 Å². The zero-order valence-electron chi connectivity index (χ0n) is 24.4. The Bertz CT molecular complexity index is 1390. The lowest BCUT2D eigenvalue weighted by atomic mass is 9.94. The van der Waals surface area contributed by atoms with Gasteiger partial charge in [-0.2, -0.15) is 0 Å². The van der Waals surface area contributed by atoms with Gasteiger partial charge in [0.1, 0.15) is 12.2 Å². The van der Waals surface area contributed by atoms with Crippen LogP contribution in [0.5, 0.6) is 0 Å². The van der Waals surface area contributed by atoms with Gasteiger partial charge in [-0.25, -0.2) is 9.59 Å². The number of rotatable bonds is 13. The van der Waals surface area contributed by atoms with Crippen molar-refractivity contribution < 1.29 is 24.2 Å². The molecule has 0 bridgehead atoms. The van der Waals surface area contributed by atoms with Crippen molar-refractivity contribution in [2.75, 3.05) is 0 Å². The van der Waals surface area contributed by atoms with E-state index < -0.39 is 42.6 Å². The molecule has 2 unspecified atom stereocenters. The van der Waals surface area contributed by atoms with Gasteiger partial charge in [0, 0.05) is 42.0 Å². The van der Waals surface area contributed by atoms with Crippen LogP contribution in [0.4, 0.5) is 9.59 Å². The molecular weight excluding hydrogens is 544 g/mol. The monoisotopic (exact) mass is 582 g/mol. The molecule has 2 aromatic carbocycles. The minimum Gasteiger partial charge on any atom is -0.442 e. The predicted molar refractivity (Wildman–Crippen MR) is 163 cm³/mol. The summed E-state index contributed by atoms with van der Waals surface area (Å²) in [6, 6.07) is 25.3. The second-order valence-electron chi connectivity index (χ2n) is 10.4. The molecule has 2 amide bonds. The lowest BCUT2D eigenvalue weighted by Crippen LogP contribution is -2.49. The number of nitrogens with one attached hydrogen (secondary N) is 2. The molecule has 43 heavy (non-hydrogen) atoms. The first kappa shape index (κ1) is 31.2. The van der Waals surface area contributed by atoms with E-state index in [1.165, 1.54) is 0 Å². The number of hydrogen-bond donors (Lipinski definition) is 3. The molecule has 9 heteroatoms. The molecule has 0 radical (unpaired) electrons. The van der Waals surface area contributed by atoms with Crippen LogP contribution in [0, 0.1) is 0 Å². The summed E-state index contributed by atoms with van der Waals surface area (Å²) >= 11 is 0. The number of aliphatic hydroxyl groups is 1. The van der Waals surface area contributed by atoms with E-state index in [0.717, 1.165) is 22.3 Å². The fraction of sp³-hybridized carbons (Fsp3) is 0.294. The maximum Gasteiger partial charge on any atom is 0.408 e. The maximum atomic E-state index is 13.0. The van der Waals surface area contributed by atoms with Gasteiger partial charge in [0.05, 0.1) is 12.1 Å². The number of aromatic nitrogens is 2. The molecule has 9 nitrogen and oxygen atoms in total. The van der Waals surface area contributed by atoms with Crippen LogP contribution >= 0.6 is 0 Å². The molecule has 3 N–H and O–H groups in total. The molecule has 0 fully saturated rings. The molecule has 0 saturated heterocycles. The number of ether oxygens (including phenoxy) is 2. The van der Waals surface area contributed by atoms with E-state index in [9.17, 15) is 14.7 Å². The van der Waals surface area contributed by atoms with Crippen molar-refractivity contribution in [2.24, 2.45) is 0 Å². The SMILES string of the molecule is CC(OC(=O)N[C@@H](Cc1ccccc1)C[C@H](O)[C@H](Cc1ccccc1)NC(=O)OC(C)c1cccnc1)c1cccnc1. The summed E-state index contributed by atoms with van der Waals surface area (Å²) in [5.41, 5.74) is 3.44. The van der Waals surface area contributed by atoms with Gasteiger partial charge in [-0.05, 0) is 56.4 Å². The topological polar surface area (TPSA) is 123 Å². The summed E-state index contributed by atoms with van der Waals surface area (Å²) in [6.07, 6.45) is 4.23. The smallest absolute Gasteiger partial charge is 0.408 e. The van der Waals surface area contributed by atoms with Gasteiger partial charge in [0.25, 0.3) is 0 Å². The third kappa shape index (κ3) is 10.2. The Morgan fingerprint density at radius 3 is 1.67 bits per heavy atom. The number of carbonyl (C=O) groups is 2. The number of hydrogen-bond acceptors (Lipinski definition) is 7. The van der Waals surface area contributed by atoms with Crippen molar-refractivity contribution in [3.05, 3.63) is 132 Å². The number of aliphatic hydroxyl groups excluding tert-OH is 1. The van der Waals surface area contributed by atoms with Gasteiger partial charge in [-0.15, -0.1) is 0 Å². The van der Waals surface area contributed by atoms with Crippen molar-refractivity contribution in [1.82, 2.24) is 20.6 Å². The highest BCUT2D eigenvalue weighted by Crippen LogP contribution is 2.19. The highest BCUT2D eigenvalue weighted by molar-refractivity contribution is 5.68. The second-order valence-corrected chi connectivity index (χ2v) is 10.4. The molecule has 224 valence electrons. The fourth-order valence-electron chi connectivity index (χ4n) is 4.78. The lowest BCUT2D eigenvalue weighted by Gasteiger charge is -2.29. The number of alkyl carbamates (subject to hydrolysis) is 2. The molecule has 0 saturated carbocycles. The maximum absolute atomic E-state index is 13.0. The quantitative estimate of drug-likeness (QED) is 0.184. The van der Waals surface area contributed by atoms with Crippen LogP contribution in [0.3, 0.4) is 0 Å². The highest BCUT2D eigenvalue weighted by atomic mass is 16.6. The van der Waals surface area contributed by atoms with Crippen LogP contribution in [0.25, 0.3) is 0 Å². The van der Waals surface area contributed by atoms with Crippen LogP contribution in [-0.2, 0) is 22.3 Å². The van der Waals surface area contributed by atoms with E-state index in [1.54, 1.807) is 50.8 Å². The van der Waals surface area contributed by atoms with Crippen LogP contribution < -0.4 is 10.6 Å². The molecule has 2 aromatic heterocycles. The van der Waals surface area contributed by atoms with Crippen LogP contribution in [0.2, 0.25) is 0 Å². The number of pyridine rings is 2. The average molecular weight is 583 g/mol. The van der Waals surface area contributed by atoms with Crippen LogP contribution in [-0.4, -0.2) is 45.4 Å². The van der Waals surface area contributed by atoms with Crippen LogP contribution in [0.1, 0.15) is 54.7 Å². The van der Waals surface area contributed by atoms with E-state index in [2.05, 4.69) is 20.6 Å². The van der Waals surface area contributed by atoms with Crippen molar-refractivity contribution >= 4 is 12.2 Å². The van der Waals surface area contributed by atoms with E-state index in [-0.39, 0.29) is 6.42 Å². The molecule has 0 aliphatic heterocycles. The number of amides is 2. The largest absolute Gasteiger partial charge is 0.442 e. The van der Waals surface area contributed by atoms with Gasteiger partial charge >= 0.3 is 12.2 Å². The predicted octanol–water partition coefficient (Wildman–Crippen LogP) is 5.72. The minimum atomic E-state index is -1.02. The Hall–Kier alpha value is -4.76. The molecular formula is C34H38N4O5. The van der Waals surface area contributed by atoms with Gasteiger partial charge in [-0.1, -0.05) is 72.8 Å². The number of nitrogens with zero attached hydrogens (tertiary/aromatic N) is 2. The third-order valence-corrected chi connectivity index (χ3v) is 7.11. The summed E-state index contributed by atoms with van der Waals surface area (Å²) in [5, 5.41) is 17.3. The third-order valence-electron chi connectivity index (χ3n) is 7.11. The molecule has 0 spiro atoms. The van der Waals surface area contributed by atoms with Crippen molar-refractivity contribution in [3.8, 4) is 0 Å². The Morgan fingerprint density at radius 2 is 1.19 bits per heavy atom. The Balaban J connectivity index is 1.47. The van der Waals surface area contributed by atoms with Gasteiger partial charge in [0.15, 0.2) is 0 Å². The summed E-state index contributed by atoms with van der Waals surface area (Å²) < 4.78 is 11.2. The van der Waals surface area contributed by atoms with E-state index in [4.69, 9.17) is 9.47 Å². The van der Waals surface area contributed by atoms with Crippen molar-refractivity contribution in [1.29, 1.82) is 0 Å². The molecule has 0 aliphatic carbocycles. The number of benzene rings is 2. The van der Waals surface area contributed by atoms with E-state index >= 15 is 0 Å². The standard InChI is InChI=1S/C34H38N4O5/c1-24(28-15-9-17-35-22-28)42-33(40)37-30(19-26-11-5-3-6-12-26)21-32(39)31(20-27-13-7-4-8-14-27)38-34(41)43-25(2)29-16-10-18-36-23-29/h3-18,22-25,30-32,39H,19-21H2,1-2H3,(H,37,40)(H,38,41)/t24?,25?,30-,31-,32-/m0/s1. The zero-order valence-corrected chi connectivity index (χ0v) is 24.4. The molecule has 4 rings (SSSR count). The van der Waals surface area contributed by atoms with Crippen molar-refractivity contribution in [3.63, 3.8) is 0 Å². The zero-order chi connectivity index (χ0) is 30.4. The summed E-state index contributed by atoms with van der Waals surface area (Å²) in [5.74, 6) is 0. The molecule has 0 aliphatic rings. The molecule has 4 aromatic rings. The first-order chi connectivity index (χ1) is 20.9. The summed E-state index contributed by atoms with van der Waals surface area (Å²) in [7, 11) is 0. The van der Waals surface area contributed by atoms with Gasteiger partial charge in [0.2, 0.25) is 0 Å². The normalized spacial score (nSPS) is 14.4. The van der Waals surface area contributed by atoms with Gasteiger partial charge < -0.3 is 25.2 Å².